The van der Waals surface area contributed by atoms with E-state index in [1.54, 1.807) is 51.1 Å². The lowest BCUT2D eigenvalue weighted by molar-refractivity contribution is -0.155. The molecule has 5 rings (SSSR count). The Bertz CT molecular complexity index is 1700. The van der Waals surface area contributed by atoms with E-state index in [1.165, 1.54) is 6.07 Å². The van der Waals surface area contributed by atoms with Crippen molar-refractivity contribution in [2.75, 3.05) is 5.32 Å². The molecule has 0 bridgehead atoms. The lowest BCUT2D eigenvalue weighted by atomic mass is 9.54. The van der Waals surface area contributed by atoms with Crippen LogP contribution in [0.15, 0.2) is 53.3 Å². The van der Waals surface area contributed by atoms with Gasteiger partial charge in [0.05, 0.1) is 5.56 Å². The van der Waals surface area contributed by atoms with Crippen LogP contribution in [0.4, 0.5) is 5.69 Å². The first-order chi connectivity index (χ1) is 21.2. The van der Waals surface area contributed by atoms with Crippen LogP contribution in [0.3, 0.4) is 0 Å². The Morgan fingerprint density at radius 1 is 1.02 bits per heavy atom. The first-order valence-electron chi connectivity index (χ1n) is 15.0. The quantitative estimate of drug-likeness (QED) is 0.239. The summed E-state index contributed by atoms with van der Waals surface area (Å²) in [6, 6.07) is 9.93. The van der Waals surface area contributed by atoms with E-state index in [9.17, 15) is 44.4 Å². The molecule has 0 unspecified atom stereocenters. The summed E-state index contributed by atoms with van der Waals surface area (Å²) in [4.78, 5) is 63.3. The number of phenols is 1. The van der Waals surface area contributed by atoms with Gasteiger partial charge in [-0.25, -0.2) is 0 Å². The van der Waals surface area contributed by atoms with Crippen LogP contribution < -0.4 is 11.1 Å². The molecule has 236 valence electrons. The van der Waals surface area contributed by atoms with Crippen molar-refractivity contribution in [1.29, 1.82) is 0 Å². The second-order valence-corrected chi connectivity index (χ2v) is 12.3. The first kappa shape index (κ1) is 31.6. The van der Waals surface area contributed by atoms with Crippen molar-refractivity contribution >= 4 is 40.6 Å². The third kappa shape index (κ3) is 5.10. The Balaban J connectivity index is 1.54. The number of hydrogen-bond donors (Lipinski definition) is 6. The van der Waals surface area contributed by atoms with Crippen molar-refractivity contribution in [1.82, 2.24) is 0 Å². The van der Waals surface area contributed by atoms with Gasteiger partial charge in [-0.1, -0.05) is 39.0 Å². The van der Waals surface area contributed by atoms with Crippen molar-refractivity contribution in [3.63, 3.8) is 0 Å². The third-order valence-corrected chi connectivity index (χ3v) is 9.36. The number of aliphatic hydroxyl groups is 3. The molecule has 0 heterocycles. The molecule has 0 radical (unpaired) electrons. The minimum atomic E-state index is -2.66. The smallest absolute Gasteiger partial charge is 0.255 e. The number of nitrogens with two attached hydrogens (primary N) is 1. The zero-order chi connectivity index (χ0) is 33.0. The van der Waals surface area contributed by atoms with Crippen LogP contribution in [0.25, 0.3) is 16.9 Å². The summed E-state index contributed by atoms with van der Waals surface area (Å²) < 4.78 is 0. The Morgan fingerprint density at radius 3 is 2.29 bits per heavy atom. The van der Waals surface area contributed by atoms with Gasteiger partial charge in [-0.05, 0) is 59.6 Å². The van der Waals surface area contributed by atoms with Crippen molar-refractivity contribution in [3.05, 3.63) is 64.4 Å². The number of carbonyl (C=O) groups is 5. The number of aromatic hydroxyl groups is 1. The number of nitrogens with one attached hydrogen (secondary N) is 1. The molecule has 4 atom stereocenters. The number of anilines is 1. The average molecular weight is 617 g/mol. The van der Waals surface area contributed by atoms with Gasteiger partial charge in [-0.2, -0.15) is 0 Å². The van der Waals surface area contributed by atoms with Gasteiger partial charge in [-0.15, -0.1) is 0 Å². The molecule has 11 nitrogen and oxygen atoms in total. The summed E-state index contributed by atoms with van der Waals surface area (Å²) in [6.07, 6.45) is 0.785. The Hall–Kier alpha value is -4.77. The van der Waals surface area contributed by atoms with Gasteiger partial charge in [0.1, 0.15) is 28.6 Å². The van der Waals surface area contributed by atoms with Gasteiger partial charge >= 0.3 is 0 Å². The Kier molecular flexibility index (Phi) is 8.18. The number of aliphatic hydroxyl groups excluding tert-OH is 2. The number of hydrogen-bond acceptors (Lipinski definition) is 9. The standard InChI is InChI=1S/C34H36N2O9/c1-4-19(37)9-12-24(39)36-18-7-5-16(6-8-18)20-10-11-23(38)27-21(20)13-17-14-22-25(15(2)3)29(40)28(33(35)44)32(43)34(22,45)31(42)26(17)30(27)41/h5-8,10-11,15,17,22,25,38,41,43,45H,4,9,12-14H2,1-3H3,(H2,35,44)(H,36,39)/t17-,22-,25-,34-/m0/s1. The topological polar surface area (TPSA) is 204 Å². The van der Waals surface area contributed by atoms with Gasteiger partial charge in [-0.3, -0.25) is 24.0 Å². The van der Waals surface area contributed by atoms with E-state index in [4.69, 9.17) is 5.73 Å². The molecule has 1 fully saturated rings. The summed E-state index contributed by atoms with van der Waals surface area (Å²) in [5.41, 5.74) is 4.08. The van der Waals surface area contributed by atoms with E-state index >= 15 is 0 Å². The average Bonchev–Trinajstić information content (AvgIpc) is 2.98. The van der Waals surface area contributed by atoms with Crippen LogP contribution in [0.5, 0.6) is 5.75 Å². The van der Waals surface area contributed by atoms with E-state index in [-0.39, 0.29) is 54.3 Å². The van der Waals surface area contributed by atoms with Crippen LogP contribution in [-0.2, 0) is 30.4 Å². The number of benzene rings is 2. The molecule has 11 heteroatoms. The summed E-state index contributed by atoms with van der Waals surface area (Å²) in [5, 5.41) is 47.8. The number of phenolic OH excluding ortho intramolecular Hbond substituents is 1. The molecule has 0 aliphatic heterocycles. The summed E-state index contributed by atoms with van der Waals surface area (Å²) in [6.45, 7) is 5.16. The van der Waals surface area contributed by atoms with Gasteiger partial charge in [0, 0.05) is 42.4 Å². The highest BCUT2D eigenvalue weighted by atomic mass is 16.3. The highest BCUT2D eigenvalue weighted by molar-refractivity contribution is 6.23. The number of fused-ring (bicyclic) bond motifs is 3. The molecular formula is C34H36N2O9. The number of rotatable bonds is 8. The number of Topliss-reactive ketones (excluding diaryl/α,β-unsaturated/α-hetero) is 3. The van der Waals surface area contributed by atoms with Crippen LogP contribution in [0.1, 0.15) is 57.6 Å². The van der Waals surface area contributed by atoms with Crippen molar-refractivity contribution in [3.8, 4) is 16.9 Å². The van der Waals surface area contributed by atoms with Gasteiger partial charge in [0.25, 0.3) is 5.91 Å². The molecule has 3 aliphatic carbocycles. The van der Waals surface area contributed by atoms with E-state index < -0.39 is 63.8 Å². The molecule has 7 N–H and O–H groups in total. The minimum absolute atomic E-state index is 0.000830. The number of carbonyl (C=O) groups excluding carboxylic acids is 5. The molecule has 45 heavy (non-hydrogen) atoms. The molecule has 0 aromatic heterocycles. The van der Waals surface area contributed by atoms with Gasteiger partial charge in [0.2, 0.25) is 11.7 Å². The summed E-state index contributed by atoms with van der Waals surface area (Å²) in [7, 11) is 0. The van der Waals surface area contributed by atoms with Crippen molar-refractivity contribution in [2.45, 2.75) is 58.5 Å². The van der Waals surface area contributed by atoms with Crippen LogP contribution in [0, 0.1) is 23.7 Å². The van der Waals surface area contributed by atoms with E-state index in [0.29, 0.717) is 28.8 Å². The molecule has 2 amide bonds. The minimum Gasteiger partial charge on any atom is -0.508 e. The fourth-order valence-corrected chi connectivity index (χ4v) is 7.14. The maximum Gasteiger partial charge on any atom is 0.255 e. The normalized spacial score (nSPS) is 24.2. The molecule has 2 aromatic carbocycles. The lowest BCUT2D eigenvalue weighted by Crippen LogP contribution is -2.62. The van der Waals surface area contributed by atoms with E-state index in [2.05, 4.69) is 5.32 Å². The number of amides is 2. The maximum absolute atomic E-state index is 14.0. The van der Waals surface area contributed by atoms with Crippen LogP contribution in [0.2, 0.25) is 0 Å². The SMILES string of the molecule is CCC(=O)CCC(=O)Nc1ccc(-c2ccc(O)c3c2C[C@H]2C[C@H]4[C@H](C(C)C)C(=O)C(C(N)=O)=C(O)[C@@]4(O)C(=O)C2=C3O)cc1. The maximum atomic E-state index is 14.0. The highest BCUT2D eigenvalue weighted by Crippen LogP contribution is 2.55. The fraction of sp³-hybridized carbons (Fsp3) is 0.382. The molecule has 0 spiro atoms. The van der Waals surface area contributed by atoms with Gasteiger partial charge < -0.3 is 31.5 Å². The molecule has 3 aliphatic rings. The summed E-state index contributed by atoms with van der Waals surface area (Å²) in [5.74, 6) is -8.54. The van der Waals surface area contributed by atoms with E-state index in [1.807, 2.05) is 0 Å². The lowest BCUT2D eigenvalue weighted by Gasteiger charge is -2.50. The second kappa shape index (κ2) is 11.6. The second-order valence-electron chi connectivity index (χ2n) is 12.3. The van der Waals surface area contributed by atoms with Crippen LogP contribution in [-0.4, -0.2) is 55.2 Å². The highest BCUT2D eigenvalue weighted by Gasteiger charge is 2.64. The molecule has 2 aromatic rings. The zero-order valence-corrected chi connectivity index (χ0v) is 25.2. The summed E-state index contributed by atoms with van der Waals surface area (Å²) >= 11 is 0. The van der Waals surface area contributed by atoms with Crippen molar-refractivity contribution < 1.29 is 44.4 Å². The van der Waals surface area contributed by atoms with Crippen LogP contribution >= 0.6 is 0 Å². The third-order valence-electron chi connectivity index (χ3n) is 9.36. The van der Waals surface area contributed by atoms with Gasteiger partial charge in [0.15, 0.2) is 11.4 Å². The Labute approximate surface area is 259 Å². The monoisotopic (exact) mass is 616 g/mol. The van der Waals surface area contributed by atoms with Crippen molar-refractivity contribution in [2.24, 2.45) is 29.4 Å². The molecule has 1 saturated carbocycles. The van der Waals surface area contributed by atoms with E-state index in [0.717, 1.165) is 0 Å². The molecular weight excluding hydrogens is 580 g/mol. The predicted octanol–water partition coefficient (Wildman–Crippen LogP) is 3.67. The predicted molar refractivity (Wildman–Crippen MR) is 164 cm³/mol. The zero-order valence-electron chi connectivity index (χ0n) is 25.2. The first-order valence-corrected chi connectivity index (χ1v) is 15.0. The largest absolute Gasteiger partial charge is 0.508 e. The number of primary amides is 1. The number of ketones is 3. The molecule has 0 saturated heterocycles. The Morgan fingerprint density at radius 2 is 1.69 bits per heavy atom. The fourth-order valence-electron chi connectivity index (χ4n) is 7.14.